The molecular formula is C16H17FN2O3. The van der Waals surface area contributed by atoms with Crippen molar-refractivity contribution in [2.24, 2.45) is 0 Å². The van der Waals surface area contributed by atoms with E-state index in [9.17, 15) is 9.18 Å². The van der Waals surface area contributed by atoms with Crippen LogP contribution in [0.15, 0.2) is 48.5 Å². The number of anilines is 1. The predicted molar refractivity (Wildman–Crippen MR) is 81.7 cm³/mol. The van der Waals surface area contributed by atoms with Gasteiger partial charge in [-0.15, -0.1) is 0 Å². The molecule has 116 valence electrons. The molecule has 0 heterocycles. The van der Waals surface area contributed by atoms with Crippen LogP contribution in [0, 0.1) is 5.82 Å². The topological polar surface area (TPSA) is 59.6 Å². The third-order valence-corrected chi connectivity index (χ3v) is 2.73. The van der Waals surface area contributed by atoms with Gasteiger partial charge < -0.3 is 20.1 Å². The first-order valence-corrected chi connectivity index (χ1v) is 6.84. The fraction of sp³-hybridized carbons (Fsp3) is 0.188. The van der Waals surface area contributed by atoms with Crippen molar-refractivity contribution in [2.75, 3.05) is 18.7 Å². The molecule has 0 aliphatic carbocycles. The highest BCUT2D eigenvalue weighted by atomic mass is 19.1. The summed E-state index contributed by atoms with van der Waals surface area (Å²) in [6.07, 6.45) is 0. The standard InChI is InChI=1S/C16H17FN2O3/c1-2-21-12-7-9-13(10-8-12)22-11-18-16(20)19-15-6-4-3-5-14(15)17/h3-10H,2,11H2,1H3,(H2,18,19,20). The summed E-state index contributed by atoms with van der Waals surface area (Å²) in [5, 5.41) is 4.87. The molecule has 0 bridgehead atoms. The van der Waals surface area contributed by atoms with Crippen molar-refractivity contribution in [3.05, 3.63) is 54.3 Å². The minimum absolute atomic E-state index is 0.0335. The number of amides is 2. The molecule has 6 heteroatoms. The molecule has 2 N–H and O–H groups in total. The van der Waals surface area contributed by atoms with E-state index < -0.39 is 11.8 Å². The van der Waals surface area contributed by atoms with Crippen molar-refractivity contribution in [1.29, 1.82) is 0 Å². The smallest absolute Gasteiger partial charge is 0.321 e. The fourth-order valence-corrected chi connectivity index (χ4v) is 1.71. The van der Waals surface area contributed by atoms with E-state index >= 15 is 0 Å². The van der Waals surface area contributed by atoms with Gasteiger partial charge in [0.15, 0.2) is 6.73 Å². The maximum absolute atomic E-state index is 13.4. The Morgan fingerprint density at radius 1 is 1.05 bits per heavy atom. The summed E-state index contributed by atoms with van der Waals surface area (Å²) < 4.78 is 24.0. The largest absolute Gasteiger partial charge is 0.494 e. The summed E-state index contributed by atoms with van der Waals surface area (Å²) in [6, 6.07) is 12.4. The lowest BCUT2D eigenvalue weighted by atomic mass is 10.3. The van der Waals surface area contributed by atoms with Gasteiger partial charge in [-0.2, -0.15) is 0 Å². The lowest BCUT2D eigenvalue weighted by Crippen LogP contribution is -2.32. The number of ether oxygens (including phenoxy) is 2. The number of urea groups is 1. The summed E-state index contributed by atoms with van der Waals surface area (Å²) in [5.74, 6) is 0.847. The number of rotatable bonds is 6. The highest BCUT2D eigenvalue weighted by Gasteiger charge is 2.05. The molecule has 0 aliphatic rings. The van der Waals surface area contributed by atoms with Crippen molar-refractivity contribution >= 4 is 11.7 Å². The van der Waals surface area contributed by atoms with Crippen LogP contribution in [0.25, 0.3) is 0 Å². The van der Waals surface area contributed by atoms with E-state index in [4.69, 9.17) is 9.47 Å². The van der Waals surface area contributed by atoms with Crippen LogP contribution < -0.4 is 20.1 Å². The second-order valence-corrected chi connectivity index (χ2v) is 4.30. The molecule has 0 radical (unpaired) electrons. The van der Waals surface area contributed by atoms with Gasteiger partial charge in [0.05, 0.1) is 12.3 Å². The normalized spacial score (nSPS) is 9.91. The van der Waals surface area contributed by atoms with Gasteiger partial charge >= 0.3 is 6.03 Å². The van der Waals surface area contributed by atoms with Crippen LogP contribution in [-0.4, -0.2) is 19.4 Å². The Morgan fingerprint density at radius 3 is 2.32 bits per heavy atom. The number of nitrogens with one attached hydrogen (secondary N) is 2. The number of hydrogen-bond donors (Lipinski definition) is 2. The molecule has 22 heavy (non-hydrogen) atoms. The Labute approximate surface area is 128 Å². The molecular weight excluding hydrogens is 287 g/mol. The molecule has 0 saturated carbocycles. The monoisotopic (exact) mass is 304 g/mol. The van der Waals surface area contributed by atoms with Crippen LogP contribution in [0.1, 0.15) is 6.92 Å². The van der Waals surface area contributed by atoms with Gasteiger partial charge in [-0.1, -0.05) is 12.1 Å². The van der Waals surface area contributed by atoms with Gasteiger partial charge in [0.1, 0.15) is 17.3 Å². The Kier molecular flexibility index (Phi) is 5.59. The number of carbonyl (C=O) groups is 1. The molecule has 0 spiro atoms. The molecule has 0 saturated heterocycles. The molecule has 0 atom stereocenters. The zero-order chi connectivity index (χ0) is 15.8. The maximum atomic E-state index is 13.4. The van der Waals surface area contributed by atoms with Gasteiger partial charge in [-0.25, -0.2) is 9.18 Å². The minimum Gasteiger partial charge on any atom is -0.494 e. The molecule has 0 aromatic heterocycles. The van der Waals surface area contributed by atoms with Crippen molar-refractivity contribution < 1.29 is 18.7 Å². The lowest BCUT2D eigenvalue weighted by molar-refractivity contribution is 0.234. The van der Waals surface area contributed by atoms with Crippen LogP contribution in [0.2, 0.25) is 0 Å². The number of carbonyl (C=O) groups excluding carboxylic acids is 1. The maximum Gasteiger partial charge on any atom is 0.321 e. The first-order chi connectivity index (χ1) is 10.7. The molecule has 2 rings (SSSR count). The van der Waals surface area contributed by atoms with Gasteiger partial charge in [-0.05, 0) is 43.3 Å². The summed E-state index contributed by atoms with van der Waals surface area (Å²) in [6.45, 7) is 2.47. The molecule has 0 aliphatic heterocycles. The van der Waals surface area contributed by atoms with E-state index in [0.717, 1.165) is 5.75 Å². The Hall–Kier alpha value is -2.76. The van der Waals surface area contributed by atoms with Crippen LogP contribution >= 0.6 is 0 Å². The van der Waals surface area contributed by atoms with Gasteiger partial charge in [-0.3, -0.25) is 0 Å². The van der Waals surface area contributed by atoms with Crippen LogP contribution in [0.4, 0.5) is 14.9 Å². The Bertz CT molecular complexity index is 617. The molecule has 5 nitrogen and oxygen atoms in total. The quantitative estimate of drug-likeness (QED) is 0.804. The van der Waals surface area contributed by atoms with Crippen molar-refractivity contribution in [3.63, 3.8) is 0 Å². The highest BCUT2D eigenvalue weighted by Crippen LogP contribution is 2.17. The molecule has 2 aromatic rings. The highest BCUT2D eigenvalue weighted by molar-refractivity contribution is 5.89. The molecule has 0 fully saturated rings. The first-order valence-electron chi connectivity index (χ1n) is 6.84. The SMILES string of the molecule is CCOc1ccc(OCNC(=O)Nc2ccccc2F)cc1. The second-order valence-electron chi connectivity index (χ2n) is 4.30. The zero-order valence-electron chi connectivity index (χ0n) is 12.1. The van der Waals surface area contributed by atoms with Gasteiger partial charge in [0.2, 0.25) is 0 Å². The summed E-state index contributed by atoms with van der Waals surface area (Å²) in [7, 11) is 0. The number of benzene rings is 2. The van der Waals surface area contributed by atoms with Crippen molar-refractivity contribution in [2.45, 2.75) is 6.92 Å². The van der Waals surface area contributed by atoms with E-state index in [0.29, 0.717) is 12.4 Å². The summed E-state index contributed by atoms with van der Waals surface area (Å²) >= 11 is 0. The second kappa shape index (κ2) is 7.87. The first kappa shape index (κ1) is 15.6. The summed E-state index contributed by atoms with van der Waals surface area (Å²) in [5.41, 5.74) is 0.112. The van der Waals surface area contributed by atoms with Crippen LogP contribution in [0.5, 0.6) is 11.5 Å². The number of hydrogen-bond acceptors (Lipinski definition) is 3. The average molecular weight is 304 g/mol. The third-order valence-electron chi connectivity index (χ3n) is 2.73. The third kappa shape index (κ3) is 4.66. The lowest BCUT2D eigenvalue weighted by Gasteiger charge is -2.10. The predicted octanol–water partition coefficient (Wildman–Crippen LogP) is 3.38. The van der Waals surface area contributed by atoms with Crippen molar-refractivity contribution in [3.8, 4) is 11.5 Å². The molecule has 2 aromatic carbocycles. The van der Waals surface area contributed by atoms with E-state index in [2.05, 4.69) is 10.6 Å². The minimum atomic E-state index is -0.545. The Balaban J connectivity index is 1.76. The van der Waals surface area contributed by atoms with E-state index in [-0.39, 0.29) is 12.4 Å². The number of para-hydroxylation sites is 1. The zero-order valence-corrected chi connectivity index (χ0v) is 12.1. The van der Waals surface area contributed by atoms with E-state index in [1.54, 1.807) is 36.4 Å². The van der Waals surface area contributed by atoms with Crippen LogP contribution in [-0.2, 0) is 0 Å². The Morgan fingerprint density at radius 2 is 1.68 bits per heavy atom. The van der Waals surface area contributed by atoms with Crippen LogP contribution in [0.3, 0.4) is 0 Å². The molecule has 0 unspecified atom stereocenters. The fourth-order valence-electron chi connectivity index (χ4n) is 1.71. The summed E-state index contributed by atoms with van der Waals surface area (Å²) in [4.78, 5) is 11.6. The number of halogens is 1. The van der Waals surface area contributed by atoms with Crippen molar-refractivity contribution in [1.82, 2.24) is 5.32 Å². The van der Waals surface area contributed by atoms with Gasteiger partial charge in [0.25, 0.3) is 0 Å². The average Bonchev–Trinajstić information content (AvgIpc) is 2.52. The van der Waals surface area contributed by atoms with E-state index in [1.165, 1.54) is 12.1 Å². The molecule has 2 amide bonds. The van der Waals surface area contributed by atoms with Gasteiger partial charge in [0, 0.05) is 0 Å². The van der Waals surface area contributed by atoms with E-state index in [1.807, 2.05) is 6.92 Å².